The molecule has 0 radical (unpaired) electrons. The zero-order chi connectivity index (χ0) is 18.1. The van der Waals surface area contributed by atoms with Gasteiger partial charge >= 0.3 is 0 Å². The molecule has 1 fully saturated rings. The molecule has 0 aliphatic carbocycles. The quantitative estimate of drug-likeness (QED) is 0.241. The molecule has 1 aromatic rings. The summed E-state index contributed by atoms with van der Waals surface area (Å²) in [7, 11) is 1.97. The predicted octanol–water partition coefficient (Wildman–Crippen LogP) is 1.30. The van der Waals surface area contributed by atoms with Gasteiger partial charge in [0.15, 0.2) is 11.8 Å². The molecular weight excluding hydrogens is 445 g/mol. The number of likely N-dealkylation sites (tertiary alicyclic amines) is 1. The van der Waals surface area contributed by atoms with E-state index >= 15 is 0 Å². The van der Waals surface area contributed by atoms with Crippen molar-refractivity contribution >= 4 is 29.9 Å². The number of hydrogen-bond donors (Lipinski definition) is 2. The summed E-state index contributed by atoms with van der Waals surface area (Å²) in [6.07, 6.45) is 2.53. The first-order valence-electron chi connectivity index (χ1n) is 9.34. The van der Waals surface area contributed by atoms with Gasteiger partial charge in [-0.1, -0.05) is 6.92 Å². The first-order valence-corrected chi connectivity index (χ1v) is 9.34. The van der Waals surface area contributed by atoms with Crippen molar-refractivity contribution in [1.29, 1.82) is 0 Å². The second-order valence-corrected chi connectivity index (χ2v) is 6.32. The van der Waals surface area contributed by atoms with Crippen LogP contribution in [-0.2, 0) is 18.3 Å². The molecule has 0 spiro atoms. The Balaban J connectivity index is 0.00000338. The van der Waals surface area contributed by atoms with Gasteiger partial charge in [-0.2, -0.15) is 0 Å². The van der Waals surface area contributed by atoms with Crippen LogP contribution in [0.25, 0.3) is 0 Å². The Kier molecular flexibility index (Phi) is 11.1. The Morgan fingerprint density at radius 3 is 2.77 bits per heavy atom. The van der Waals surface area contributed by atoms with Crippen molar-refractivity contribution in [1.82, 2.24) is 30.3 Å². The van der Waals surface area contributed by atoms with Gasteiger partial charge in [0.2, 0.25) is 0 Å². The molecule has 1 aliphatic rings. The average Bonchev–Trinajstić information content (AvgIpc) is 3.20. The van der Waals surface area contributed by atoms with Gasteiger partial charge in [-0.3, -0.25) is 4.90 Å². The fourth-order valence-corrected chi connectivity index (χ4v) is 3.06. The van der Waals surface area contributed by atoms with Crippen molar-refractivity contribution in [3.05, 3.63) is 11.6 Å². The molecule has 0 aromatic carbocycles. The number of nitrogens with one attached hydrogen (secondary N) is 2. The van der Waals surface area contributed by atoms with Crippen LogP contribution in [0, 0.1) is 6.92 Å². The van der Waals surface area contributed by atoms with Crippen LogP contribution in [0.15, 0.2) is 4.99 Å². The first-order chi connectivity index (χ1) is 12.2. The maximum Gasteiger partial charge on any atom is 0.191 e. The Morgan fingerprint density at radius 2 is 2.12 bits per heavy atom. The molecule has 26 heavy (non-hydrogen) atoms. The van der Waals surface area contributed by atoms with Crippen molar-refractivity contribution in [3.8, 4) is 0 Å². The molecule has 0 bridgehead atoms. The fourth-order valence-electron chi connectivity index (χ4n) is 3.06. The predicted molar refractivity (Wildman–Crippen MR) is 115 cm³/mol. The minimum Gasteiger partial charge on any atom is -0.380 e. The van der Waals surface area contributed by atoms with E-state index in [2.05, 4.69) is 37.6 Å². The van der Waals surface area contributed by atoms with Gasteiger partial charge < -0.3 is 19.9 Å². The highest BCUT2D eigenvalue weighted by atomic mass is 127. The summed E-state index contributed by atoms with van der Waals surface area (Å²) < 4.78 is 7.37. The Morgan fingerprint density at radius 1 is 1.31 bits per heavy atom. The van der Waals surface area contributed by atoms with Crippen LogP contribution in [0.1, 0.15) is 38.3 Å². The van der Waals surface area contributed by atoms with Crippen LogP contribution in [-0.4, -0.2) is 71.1 Å². The van der Waals surface area contributed by atoms with Crippen LogP contribution in [0.5, 0.6) is 0 Å². The summed E-state index contributed by atoms with van der Waals surface area (Å²) in [6.45, 7) is 12.0. The Bertz CT molecular complexity index is 549. The van der Waals surface area contributed by atoms with Gasteiger partial charge in [0.25, 0.3) is 0 Å². The average molecular weight is 479 g/mol. The molecule has 1 unspecified atom stereocenters. The smallest absolute Gasteiger partial charge is 0.191 e. The molecule has 8 nitrogen and oxygen atoms in total. The highest BCUT2D eigenvalue weighted by molar-refractivity contribution is 14.0. The van der Waals surface area contributed by atoms with Gasteiger partial charge in [0.05, 0.1) is 6.61 Å². The number of rotatable bonds is 9. The number of guanidine groups is 1. The number of aromatic nitrogens is 3. The van der Waals surface area contributed by atoms with Crippen LogP contribution in [0.4, 0.5) is 0 Å². The largest absolute Gasteiger partial charge is 0.380 e. The monoisotopic (exact) mass is 479 g/mol. The lowest BCUT2D eigenvalue weighted by Gasteiger charge is -2.24. The number of halogens is 1. The Hall–Kier alpha value is -0.940. The lowest BCUT2D eigenvalue weighted by atomic mass is 10.2. The zero-order valence-electron chi connectivity index (χ0n) is 16.5. The van der Waals surface area contributed by atoms with E-state index in [9.17, 15) is 0 Å². The van der Waals surface area contributed by atoms with Crippen LogP contribution in [0.3, 0.4) is 0 Å². The molecule has 0 amide bonds. The molecule has 1 saturated heterocycles. The molecule has 9 heteroatoms. The van der Waals surface area contributed by atoms with Crippen molar-refractivity contribution in [3.63, 3.8) is 0 Å². The number of aryl methyl sites for hydroxylation is 1. The normalized spacial score (nSPS) is 18.0. The molecular formula is C17H34IN7O. The van der Waals surface area contributed by atoms with E-state index in [0.717, 1.165) is 43.8 Å². The topological polar surface area (TPSA) is 79.6 Å². The molecule has 1 atom stereocenters. The maximum atomic E-state index is 5.40. The van der Waals surface area contributed by atoms with Crippen molar-refractivity contribution in [2.45, 2.75) is 46.2 Å². The van der Waals surface area contributed by atoms with E-state index in [1.807, 2.05) is 25.5 Å². The highest BCUT2D eigenvalue weighted by Crippen LogP contribution is 2.15. The summed E-state index contributed by atoms with van der Waals surface area (Å²) in [5.41, 5.74) is 0. The van der Waals surface area contributed by atoms with E-state index in [1.165, 1.54) is 19.4 Å². The summed E-state index contributed by atoms with van der Waals surface area (Å²) in [6, 6.07) is 0.584. The third kappa shape index (κ3) is 6.99. The number of hydrogen-bond acceptors (Lipinski definition) is 5. The number of aliphatic imine (C=N–C) groups is 1. The third-order valence-electron chi connectivity index (χ3n) is 4.71. The van der Waals surface area contributed by atoms with Crippen LogP contribution < -0.4 is 10.6 Å². The lowest BCUT2D eigenvalue weighted by molar-refractivity contribution is 0.152. The summed E-state index contributed by atoms with van der Waals surface area (Å²) in [5.74, 6) is 2.57. The van der Waals surface area contributed by atoms with Gasteiger partial charge in [-0.15, -0.1) is 34.2 Å². The van der Waals surface area contributed by atoms with Gasteiger partial charge in [-0.25, -0.2) is 4.99 Å². The van der Waals surface area contributed by atoms with E-state index in [-0.39, 0.29) is 24.0 Å². The molecule has 1 aromatic heterocycles. The van der Waals surface area contributed by atoms with E-state index in [1.54, 1.807) is 0 Å². The van der Waals surface area contributed by atoms with Crippen molar-refractivity contribution in [2.75, 3.05) is 39.4 Å². The number of ether oxygens (including phenoxy) is 1. The lowest BCUT2D eigenvalue weighted by Crippen LogP contribution is -2.45. The van der Waals surface area contributed by atoms with Crippen molar-refractivity contribution in [2.24, 2.45) is 12.0 Å². The number of likely N-dealkylation sites (N-methyl/N-ethyl adjacent to an activating group) is 1. The van der Waals surface area contributed by atoms with Gasteiger partial charge in [0, 0.05) is 32.8 Å². The minimum atomic E-state index is 0. The number of nitrogens with zero attached hydrogens (tertiary/aromatic N) is 5. The molecule has 2 N–H and O–H groups in total. The van der Waals surface area contributed by atoms with Gasteiger partial charge in [-0.05, 0) is 39.8 Å². The molecule has 1 aliphatic heterocycles. The first kappa shape index (κ1) is 23.1. The molecule has 2 rings (SSSR count). The van der Waals surface area contributed by atoms with E-state index in [4.69, 9.17) is 4.74 Å². The standard InChI is InChI=1S/C17H33N7O.HI/c1-5-24-10-7-8-15(24)12-19-17(18-9-11-25-6-2)20-13-16-22-21-14(3)23(16)4;/h15H,5-13H2,1-4H3,(H2,18,19,20);1H. The summed E-state index contributed by atoms with van der Waals surface area (Å²) in [4.78, 5) is 7.20. The summed E-state index contributed by atoms with van der Waals surface area (Å²) >= 11 is 0. The summed E-state index contributed by atoms with van der Waals surface area (Å²) in [5, 5.41) is 15.1. The second-order valence-electron chi connectivity index (χ2n) is 6.32. The van der Waals surface area contributed by atoms with Gasteiger partial charge in [0.1, 0.15) is 12.4 Å². The maximum absolute atomic E-state index is 5.40. The minimum absolute atomic E-state index is 0. The van der Waals surface area contributed by atoms with E-state index in [0.29, 0.717) is 19.2 Å². The Labute approximate surface area is 174 Å². The third-order valence-corrected chi connectivity index (χ3v) is 4.71. The SMILES string of the molecule is CCOCCNC(=NCc1nnc(C)n1C)NCC1CCCN1CC.I. The molecule has 150 valence electrons. The van der Waals surface area contributed by atoms with Crippen LogP contribution >= 0.6 is 24.0 Å². The molecule has 0 saturated carbocycles. The van der Waals surface area contributed by atoms with E-state index < -0.39 is 0 Å². The van der Waals surface area contributed by atoms with Crippen molar-refractivity contribution < 1.29 is 4.74 Å². The molecule has 2 heterocycles. The highest BCUT2D eigenvalue weighted by Gasteiger charge is 2.22. The zero-order valence-corrected chi connectivity index (χ0v) is 18.8. The fraction of sp³-hybridized carbons (Fsp3) is 0.824. The van der Waals surface area contributed by atoms with Crippen LogP contribution in [0.2, 0.25) is 0 Å². The second kappa shape index (κ2) is 12.4.